The summed E-state index contributed by atoms with van der Waals surface area (Å²) in [5, 5.41) is 5.90. The molecule has 0 saturated heterocycles. The lowest BCUT2D eigenvalue weighted by molar-refractivity contribution is 1.08. The molecule has 1 aliphatic rings. The average Bonchev–Trinajstić information content (AvgIpc) is 2.76. The van der Waals surface area contributed by atoms with Gasteiger partial charge in [-0.25, -0.2) is 9.97 Å². The van der Waals surface area contributed by atoms with Crippen LogP contribution in [0.4, 0.5) is 5.13 Å². The third-order valence-corrected chi connectivity index (χ3v) is 3.91. The van der Waals surface area contributed by atoms with Gasteiger partial charge in [0.25, 0.3) is 0 Å². The van der Waals surface area contributed by atoms with Gasteiger partial charge in [0.1, 0.15) is 11.4 Å². The molecule has 0 atom stereocenters. The lowest BCUT2D eigenvalue weighted by atomic mass is 10.4. The van der Waals surface area contributed by atoms with Gasteiger partial charge in [-0.05, 0) is 12.8 Å². The van der Waals surface area contributed by atoms with Crippen LogP contribution in [0.3, 0.4) is 0 Å². The van der Waals surface area contributed by atoms with Crippen molar-refractivity contribution in [3.63, 3.8) is 0 Å². The van der Waals surface area contributed by atoms with Gasteiger partial charge >= 0.3 is 0 Å². The Morgan fingerprint density at radius 3 is 2.50 bits per heavy atom. The summed E-state index contributed by atoms with van der Waals surface area (Å²) >= 11 is 3.20. The van der Waals surface area contributed by atoms with E-state index in [0.717, 1.165) is 17.3 Å². The van der Waals surface area contributed by atoms with Crippen molar-refractivity contribution in [2.24, 2.45) is 0 Å². The molecule has 3 rings (SSSR count). The van der Waals surface area contributed by atoms with Crippen LogP contribution in [0.25, 0.3) is 11.4 Å². The average molecular weight is 223 g/mol. The van der Waals surface area contributed by atoms with Gasteiger partial charge in [0.05, 0.1) is 5.01 Å². The maximum Gasteiger partial charge on any atom is 0.180 e. The fourth-order valence-corrected chi connectivity index (χ4v) is 2.87. The van der Waals surface area contributed by atoms with Crippen LogP contribution in [0.1, 0.15) is 23.8 Å². The smallest absolute Gasteiger partial charge is 0.180 e. The lowest BCUT2D eigenvalue weighted by Crippen LogP contribution is -1.83. The molecule has 0 spiro atoms. The summed E-state index contributed by atoms with van der Waals surface area (Å²) in [6, 6.07) is 0. The normalized spacial score (nSPS) is 16.0. The molecule has 5 heteroatoms. The molecule has 0 unspecified atom stereocenters. The lowest BCUT2D eigenvalue weighted by Gasteiger charge is -1.87. The molecule has 1 fully saturated rings. The van der Waals surface area contributed by atoms with Gasteiger partial charge in [0.2, 0.25) is 0 Å². The highest BCUT2D eigenvalue weighted by Gasteiger charge is 2.26. The summed E-state index contributed by atoms with van der Waals surface area (Å²) in [7, 11) is 0. The number of rotatable bonds is 2. The highest BCUT2D eigenvalue weighted by molar-refractivity contribution is 7.14. The molecule has 14 heavy (non-hydrogen) atoms. The second kappa shape index (κ2) is 3.03. The largest absolute Gasteiger partial charge is 0.375 e. The molecule has 0 amide bonds. The second-order valence-corrected chi connectivity index (χ2v) is 5.20. The number of thiazole rings is 2. The molecule has 1 saturated carbocycles. The highest BCUT2D eigenvalue weighted by atomic mass is 32.1. The fraction of sp³-hybridized carbons (Fsp3) is 0.333. The van der Waals surface area contributed by atoms with Crippen LogP contribution in [-0.2, 0) is 0 Å². The van der Waals surface area contributed by atoms with Crippen molar-refractivity contribution in [3.8, 4) is 11.4 Å². The Hall–Kier alpha value is -0.940. The second-order valence-electron chi connectivity index (χ2n) is 3.42. The van der Waals surface area contributed by atoms with Gasteiger partial charge in [-0.15, -0.1) is 22.7 Å². The Morgan fingerprint density at radius 1 is 1.14 bits per heavy atom. The van der Waals surface area contributed by atoms with E-state index in [1.165, 1.54) is 29.2 Å². The minimum atomic E-state index is 0.612. The summed E-state index contributed by atoms with van der Waals surface area (Å²) in [5.41, 5.74) is 7.47. The van der Waals surface area contributed by atoms with Crippen LogP contribution in [0, 0.1) is 0 Å². The molecule has 3 nitrogen and oxygen atoms in total. The topological polar surface area (TPSA) is 51.8 Å². The van der Waals surface area contributed by atoms with Crippen molar-refractivity contribution in [2.45, 2.75) is 18.8 Å². The number of nitrogens with two attached hydrogens (primary N) is 1. The third kappa shape index (κ3) is 1.42. The molecule has 2 aromatic rings. The van der Waals surface area contributed by atoms with Gasteiger partial charge in [0.15, 0.2) is 5.13 Å². The van der Waals surface area contributed by atoms with Crippen LogP contribution < -0.4 is 5.73 Å². The zero-order valence-electron chi connectivity index (χ0n) is 7.43. The van der Waals surface area contributed by atoms with E-state index >= 15 is 0 Å². The minimum Gasteiger partial charge on any atom is -0.375 e. The number of nitrogens with zero attached hydrogens (tertiary/aromatic N) is 2. The zero-order chi connectivity index (χ0) is 9.54. The molecular formula is C9H9N3S2. The quantitative estimate of drug-likeness (QED) is 0.851. The Balaban J connectivity index is 1.95. The van der Waals surface area contributed by atoms with E-state index in [-0.39, 0.29) is 0 Å². The molecule has 2 aromatic heterocycles. The van der Waals surface area contributed by atoms with E-state index in [2.05, 4.69) is 15.3 Å². The van der Waals surface area contributed by atoms with Gasteiger partial charge < -0.3 is 5.73 Å². The maximum atomic E-state index is 5.58. The first-order valence-electron chi connectivity index (χ1n) is 4.50. The summed E-state index contributed by atoms with van der Waals surface area (Å²) < 4.78 is 0. The molecule has 0 aliphatic heterocycles. The number of hydrogen-bond donors (Lipinski definition) is 1. The monoisotopic (exact) mass is 223 g/mol. The Bertz CT molecular complexity index is 456. The number of hydrogen-bond acceptors (Lipinski definition) is 5. The molecule has 1 aliphatic carbocycles. The maximum absolute atomic E-state index is 5.58. The zero-order valence-corrected chi connectivity index (χ0v) is 9.07. The van der Waals surface area contributed by atoms with E-state index in [9.17, 15) is 0 Å². The van der Waals surface area contributed by atoms with Gasteiger partial charge in [-0.2, -0.15) is 0 Å². The van der Waals surface area contributed by atoms with Crippen molar-refractivity contribution in [1.29, 1.82) is 0 Å². The number of nitrogen functional groups attached to an aromatic ring is 1. The molecular weight excluding hydrogens is 214 g/mol. The van der Waals surface area contributed by atoms with E-state index in [0.29, 0.717) is 5.13 Å². The molecule has 0 bridgehead atoms. The summed E-state index contributed by atoms with van der Waals surface area (Å²) in [6.07, 6.45) is 2.60. The molecule has 72 valence electrons. The minimum absolute atomic E-state index is 0.612. The van der Waals surface area contributed by atoms with Crippen LogP contribution >= 0.6 is 22.7 Å². The molecule has 0 radical (unpaired) electrons. The molecule has 2 heterocycles. The molecule has 2 N–H and O–H groups in total. The van der Waals surface area contributed by atoms with E-state index in [4.69, 9.17) is 5.73 Å². The van der Waals surface area contributed by atoms with Crippen molar-refractivity contribution in [3.05, 3.63) is 15.8 Å². The summed E-state index contributed by atoms with van der Waals surface area (Å²) in [6.45, 7) is 0. The van der Waals surface area contributed by atoms with Crippen molar-refractivity contribution >= 4 is 27.8 Å². The standard InChI is InChI=1S/C9H9N3S2/c10-9-12-7(4-14-9)6-3-13-8(11-6)5-1-2-5/h3-5H,1-2H2,(H2,10,12). The number of anilines is 1. The molecule has 0 aromatic carbocycles. The van der Waals surface area contributed by atoms with E-state index in [1.54, 1.807) is 11.3 Å². The number of aromatic nitrogens is 2. The van der Waals surface area contributed by atoms with Crippen LogP contribution in [0.2, 0.25) is 0 Å². The fourth-order valence-electron chi connectivity index (χ4n) is 1.33. The first-order valence-corrected chi connectivity index (χ1v) is 6.25. The van der Waals surface area contributed by atoms with E-state index < -0.39 is 0 Å². The summed E-state index contributed by atoms with van der Waals surface area (Å²) in [5.74, 6) is 0.727. The summed E-state index contributed by atoms with van der Waals surface area (Å²) in [4.78, 5) is 8.78. The Labute approximate surface area is 89.6 Å². The predicted octanol–water partition coefficient (Wildman–Crippen LogP) is 2.73. The van der Waals surface area contributed by atoms with Gasteiger partial charge in [-0.1, -0.05) is 0 Å². The van der Waals surface area contributed by atoms with Crippen LogP contribution in [0.15, 0.2) is 10.8 Å². The first-order chi connectivity index (χ1) is 6.83. The van der Waals surface area contributed by atoms with Gasteiger partial charge in [0, 0.05) is 16.7 Å². The third-order valence-electron chi connectivity index (χ3n) is 2.23. The SMILES string of the molecule is Nc1nc(-c2csc(C3CC3)n2)cs1. The Morgan fingerprint density at radius 2 is 1.86 bits per heavy atom. The van der Waals surface area contributed by atoms with E-state index in [1.807, 2.05) is 5.38 Å². The van der Waals surface area contributed by atoms with Crippen molar-refractivity contribution in [2.75, 3.05) is 5.73 Å². The van der Waals surface area contributed by atoms with Gasteiger partial charge in [-0.3, -0.25) is 0 Å². The first kappa shape index (κ1) is 8.38. The predicted molar refractivity (Wildman–Crippen MR) is 59.6 cm³/mol. The van der Waals surface area contributed by atoms with Crippen LogP contribution in [0.5, 0.6) is 0 Å². The van der Waals surface area contributed by atoms with Crippen molar-refractivity contribution in [1.82, 2.24) is 9.97 Å². The Kier molecular flexibility index (Phi) is 1.81. The highest BCUT2D eigenvalue weighted by Crippen LogP contribution is 2.42. The van der Waals surface area contributed by atoms with Crippen LogP contribution in [-0.4, -0.2) is 9.97 Å². The van der Waals surface area contributed by atoms with Crippen molar-refractivity contribution < 1.29 is 0 Å².